The van der Waals surface area contributed by atoms with E-state index in [0.29, 0.717) is 0 Å². The monoisotopic (exact) mass is 554 g/mol. The van der Waals surface area contributed by atoms with Crippen molar-refractivity contribution in [1.82, 2.24) is 9.55 Å². The van der Waals surface area contributed by atoms with Crippen molar-refractivity contribution in [2.24, 2.45) is 0 Å². The first kappa shape index (κ1) is 27.1. The molecule has 2 aromatic carbocycles. The van der Waals surface area contributed by atoms with Gasteiger partial charge in [-0.05, 0) is 37.3 Å². The zero-order valence-corrected chi connectivity index (χ0v) is 21.2. The number of hydrogen-bond donors (Lipinski definition) is 2. The minimum Gasteiger partial charge on any atom is -0.493 e. The van der Waals surface area contributed by atoms with E-state index in [-0.39, 0.29) is 57.4 Å². The fraction of sp³-hybridized carbons (Fsp3) is 0.0741. The molecule has 0 fully saturated rings. The van der Waals surface area contributed by atoms with Crippen molar-refractivity contribution >= 4 is 29.0 Å². The maximum Gasteiger partial charge on any atom is 0.271 e. The number of pyridine rings is 2. The predicted octanol–water partition coefficient (Wildman–Crippen LogP) is 5.71. The van der Waals surface area contributed by atoms with Gasteiger partial charge in [-0.25, -0.2) is 13.8 Å². The Labute approximate surface area is 226 Å². The number of nitrogen functional groups attached to an aromatic ring is 1. The fourth-order valence-electron chi connectivity index (χ4n) is 3.52. The number of ether oxygens (including phenoxy) is 3. The number of benzene rings is 2. The molecular weight excluding hydrogens is 534 g/mol. The second-order valence-electron chi connectivity index (χ2n) is 7.77. The van der Waals surface area contributed by atoms with Crippen molar-refractivity contribution < 1.29 is 27.8 Å². The molecule has 0 unspecified atom stereocenters. The van der Waals surface area contributed by atoms with Gasteiger partial charge in [0, 0.05) is 36.3 Å². The molecule has 4 aromatic rings. The molecule has 0 saturated carbocycles. The molecule has 4 rings (SSSR count). The molecule has 12 heteroatoms. The van der Waals surface area contributed by atoms with Gasteiger partial charge in [0.25, 0.3) is 11.5 Å². The number of aromatic nitrogens is 2. The lowest BCUT2D eigenvalue weighted by molar-refractivity contribution is 0.102. The summed E-state index contributed by atoms with van der Waals surface area (Å²) in [4.78, 5) is 30.4. The average molecular weight is 555 g/mol. The Morgan fingerprint density at radius 2 is 1.90 bits per heavy atom. The molecule has 200 valence electrons. The standard InChI is InChI=1S/C27H21ClF2N4O5/c1-3-37-20-10-12-34(16-6-7-17(29)22(14-16)38-4-2)27(36)23(20)26(35)33-15-5-8-19(18(30)13-15)39-21-9-11-32-25(31)24(21)28/h4-14H,2-3H2,1H3,(H2,31,32)(H,33,35). The maximum absolute atomic E-state index is 14.8. The number of nitrogens with two attached hydrogens (primary N) is 1. The molecule has 2 heterocycles. The number of halogens is 3. The van der Waals surface area contributed by atoms with E-state index >= 15 is 0 Å². The summed E-state index contributed by atoms with van der Waals surface area (Å²) in [6.07, 6.45) is 3.77. The first-order chi connectivity index (χ1) is 18.7. The maximum atomic E-state index is 14.8. The number of anilines is 2. The van der Waals surface area contributed by atoms with E-state index in [1.165, 1.54) is 48.8 Å². The molecule has 39 heavy (non-hydrogen) atoms. The molecule has 0 radical (unpaired) electrons. The summed E-state index contributed by atoms with van der Waals surface area (Å²) in [6.45, 7) is 5.24. The van der Waals surface area contributed by atoms with Crippen LogP contribution in [0.3, 0.4) is 0 Å². The van der Waals surface area contributed by atoms with Gasteiger partial charge in [-0.1, -0.05) is 18.2 Å². The van der Waals surface area contributed by atoms with Crippen LogP contribution >= 0.6 is 11.6 Å². The van der Waals surface area contributed by atoms with Crippen LogP contribution in [0.4, 0.5) is 20.3 Å². The van der Waals surface area contributed by atoms with Gasteiger partial charge >= 0.3 is 0 Å². The van der Waals surface area contributed by atoms with Crippen molar-refractivity contribution in [2.45, 2.75) is 6.92 Å². The third-order valence-corrected chi connectivity index (χ3v) is 5.65. The van der Waals surface area contributed by atoms with Crippen LogP contribution in [0.15, 0.2) is 78.6 Å². The number of nitrogens with one attached hydrogen (secondary N) is 1. The summed E-state index contributed by atoms with van der Waals surface area (Å²) in [5, 5.41) is 2.50. The number of amides is 1. The molecule has 1 amide bonds. The third kappa shape index (κ3) is 5.83. The molecule has 3 N–H and O–H groups in total. The van der Waals surface area contributed by atoms with Crippen LogP contribution in [0, 0.1) is 11.6 Å². The summed E-state index contributed by atoms with van der Waals surface area (Å²) >= 11 is 6.04. The Hall–Kier alpha value is -4.90. The van der Waals surface area contributed by atoms with E-state index in [9.17, 15) is 18.4 Å². The van der Waals surface area contributed by atoms with Crippen molar-refractivity contribution in [3.63, 3.8) is 0 Å². The van der Waals surface area contributed by atoms with E-state index in [1.807, 2.05) is 0 Å². The molecule has 0 aliphatic carbocycles. The first-order valence-electron chi connectivity index (χ1n) is 11.4. The second kappa shape index (κ2) is 11.7. The minimum absolute atomic E-state index is 0.00581. The minimum atomic E-state index is -0.861. The van der Waals surface area contributed by atoms with Crippen molar-refractivity contribution in [3.8, 4) is 28.7 Å². The van der Waals surface area contributed by atoms with Crippen LogP contribution in [0.5, 0.6) is 23.0 Å². The molecule has 0 atom stereocenters. The quantitative estimate of drug-likeness (QED) is 0.254. The molecule has 0 aliphatic rings. The van der Waals surface area contributed by atoms with Gasteiger partial charge in [0.15, 0.2) is 28.9 Å². The Morgan fingerprint density at radius 1 is 1.10 bits per heavy atom. The summed E-state index contributed by atoms with van der Waals surface area (Å²) in [6, 6.07) is 10.2. The SMILES string of the molecule is C=COc1cc(-n2ccc(OCC)c(C(=O)Nc3ccc(Oc4ccnc(N)c4Cl)c(F)c3)c2=O)ccc1F. The first-order valence-corrected chi connectivity index (χ1v) is 11.8. The Balaban J connectivity index is 1.65. The molecule has 0 saturated heterocycles. The van der Waals surface area contributed by atoms with Crippen LogP contribution in [0.2, 0.25) is 5.02 Å². The van der Waals surface area contributed by atoms with Gasteiger partial charge < -0.3 is 25.3 Å². The number of carbonyl (C=O) groups is 1. The second-order valence-corrected chi connectivity index (χ2v) is 8.15. The summed E-state index contributed by atoms with van der Waals surface area (Å²) in [5.74, 6) is -2.59. The molecule has 9 nitrogen and oxygen atoms in total. The number of nitrogens with zero attached hydrogens (tertiary/aromatic N) is 2. The van der Waals surface area contributed by atoms with E-state index < -0.39 is 23.1 Å². The van der Waals surface area contributed by atoms with Gasteiger partial charge in [-0.15, -0.1) is 0 Å². The van der Waals surface area contributed by atoms with E-state index in [1.54, 1.807) is 6.92 Å². The molecule has 2 aromatic heterocycles. The van der Waals surface area contributed by atoms with Crippen LogP contribution in [-0.4, -0.2) is 22.1 Å². The number of hydrogen-bond acceptors (Lipinski definition) is 7. The van der Waals surface area contributed by atoms with Crippen molar-refractivity contribution in [3.05, 3.63) is 106 Å². The van der Waals surface area contributed by atoms with E-state index in [0.717, 1.165) is 23.0 Å². The van der Waals surface area contributed by atoms with Crippen LogP contribution in [-0.2, 0) is 0 Å². The highest BCUT2D eigenvalue weighted by atomic mass is 35.5. The van der Waals surface area contributed by atoms with Gasteiger partial charge in [0.2, 0.25) is 0 Å². The lowest BCUT2D eigenvalue weighted by Gasteiger charge is -2.15. The summed E-state index contributed by atoms with van der Waals surface area (Å²) < 4.78 is 45.9. The lowest BCUT2D eigenvalue weighted by Crippen LogP contribution is -2.29. The predicted molar refractivity (Wildman–Crippen MR) is 142 cm³/mol. The van der Waals surface area contributed by atoms with Gasteiger partial charge in [0.1, 0.15) is 22.2 Å². The van der Waals surface area contributed by atoms with E-state index in [4.69, 9.17) is 31.5 Å². The Bertz CT molecular complexity index is 1630. The van der Waals surface area contributed by atoms with Crippen LogP contribution < -0.4 is 30.8 Å². The average Bonchev–Trinajstić information content (AvgIpc) is 2.90. The molecule has 0 spiro atoms. The third-order valence-electron chi connectivity index (χ3n) is 5.27. The van der Waals surface area contributed by atoms with Crippen LogP contribution in [0.25, 0.3) is 5.69 Å². The largest absolute Gasteiger partial charge is 0.493 e. The van der Waals surface area contributed by atoms with E-state index in [2.05, 4.69) is 16.9 Å². The zero-order chi connectivity index (χ0) is 28.1. The lowest BCUT2D eigenvalue weighted by atomic mass is 10.2. The van der Waals surface area contributed by atoms with Gasteiger partial charge in [0.05, 0.1) is 18.6 Å². The van der Waals surface area contributed by atoms with Gasteiger partial charge in [-0.2, -0.15) is 0 Å². The summed E-state index contributed by atoms with van der Waals surface area (Å²) in [5.41, 5.74) is 4.78. The van der Waals surface area contributed by atoms with Crippen molar-refractivity contribution in [2.75, 3.05) is 17.7 Å². The number of carbonyl (C=O) groups excluding carboxylic acids is 1. The molecular formula is C27H21ClF2N4O5. The molecule has 0 aliphatic heterocycles. The topological polar surface area (TPSA) is 118 Å². The molecule has 0 bridgehead atoms. The van der Waals surface area contributed by atoms with Gasteiger partial charge in [-0.3, -0.25) is 14.2 Å². The highest BCUT2D eigenvalue weighted by Gasteiger charge is 2.21. The Kier molecular flexibility index (Phi) is 8.11. The highest BCUT2D eigenvalue weighted by molar-refractivity contribution is 6.34. The zero-order valence-electron chi connectivity index (χ0n) is 20.4. The normalized spacial score (nSPS) is 10.6. The van der Waals surface area contributed by atoms with Crippen LogP contribution in [0.1, 0.15) is 17.3 Å². The number of rotatable bonds is 9. The van der Waals surface area contributed by atoms with Crippen molar-refractivity contribution in [1.29, 1.82) is 0 Å². The smallest absolute Gasteiger partial charge is 0.271 e. The highest BCUT2D eigenvalue weighted by Crippen LogP contribution is 2.34. The fourth-order valence-corrected chi connectivity index (χ4v) is 3.67. The summed E-state index contributed by atoms with van der Waals surface area (Å²) in [7, 11) is 0. The Morgan fingerprint density at radius 3 is 2.62 bits per heavy atom.